The van der Waals surface area contributed by atoms with Crippen molar-refractivity contribution in [1.29, 1.82) is 0 Å². The largest absolute Gasteiger partial charge is 0.313 e. The van der Waals surface area contributed by atoms with Crippen LogP contribution < -0.4 is 5.32 Å². The minimum Gasteiger partial charge on any atom is -0.313 e. The molecule has 0 saturated carbocycles. The molecule has 118 valence electrons. The van der Waals surface area contributed by atoms with E-state index in [1.54, 1.807) is 0 Å². The van der Waals surface area contributed by atoms with E-state index in [0.717, 1.165) is 13.0 Å². The van der Waals surface area contributed by atoms with E-state index in [-0.39, 0.29) is 21.6 Å². The van der Waals surface area contributed by atoms with E-state index in [1.807, 2.05) is 0 Å². The molecule has 4 nitrogen and oxygen atoms in total. The monoisotopic (exact) mass is 360 g/mol. The molecule has 0 aromatic heterocycles. The molecule has 0 bridgehead atoms. The fourth-order valence-corrected chi connectivity index (χ4v) is 2.47. The van der Waals surface area contributed by atoms with E-state index >= 15 is 0 Å². The van der Waals surface area contributed by atoms with Crippen molar-refractivity contribution in [2.45, 2.75) is 46.6 Å². The lowest BCUT2D eigenvalue weighted by Gasteiger charge is -2.31. The highest BCUT2D eigenvalue weighted by Gasteiger charge is 2.28. The van der Waals surface area contributed by atoms with E-state index in [0.29, 0.717) is 12.0 Å². The second kappa shape index (κ2) is 7.31. The summed E-state index contributed by atoms with van der Waals surface area (Å²) in [5.41, 5.74) is 0.298. The predicted molar refractivity (Wildman–Crippen MR) is 86.0 cm³/mol. The molecule has 0 fully saturated rings. The molecular weight excluding hydrogens is 339 g/mol. The molecule has 0 heterocycles. The molecule has 1 aromatic carbocycles. The van der Waals surface area contributed by atoms with Crippen LogP contribution in [0.15, 0.2) is 16.6 Å². The van der Waals surface area contributed by atoms with Crippen LogP contribution in [0, 0.1) is 21.3 Å². The summed E-state index contributed by atoms with van der Waals surface area (Å²) in [5, 5.41) is 14.6. The van der Waals surface area contributed by atoms with Crippen LogP contribution in [0.4, 0.5) is 10.1 Å². The van der Waals surface area contributed by atoms with Crippen LogP contribution in [0.3, 0.4) is 0 Å². The molecular formula is C15H22BrFN2O2. The third-order valence-corrected chi connectivity index (χ3v) is 4.04. The Morgan fingerprint density at radius 2 is 2.05 bits per heavy atom. The predicted octanol–water partition coefficient (Wildman–Crippen LogP) is 4.45. The van der Waals surface area contributed by atoms with E-state index in [9.17, 15) is 14.5 Å². The number of hydrogen-bond acceptors (Lipinski definition) is 3. The van der Waals surface area contributed by atoms with Gasteiger partial charge in [0.1, 0.15) is 5.82 Å². The zero-order chi connectivity index (χ0) is 16.2. The first-order valence-corrected chi connectivity index (χ1v) is 7.81. The Labute approximate surface area is 133 Å². The summed E-state index contributed by atoms with van der Waals surface area (Å²) in [6, 6.07) is 2.54. The Morgan fingerprint density at radius 3 is 2.52 bits per heavy atom. The zero-order valence-electron chi connectivity index (χ0n) is 12.9. The van der Waals surface area contributed by atoms with Crippen molar-refractivity contribution in [2.24, 2.45) is 5.41 Å². The van der Waals surface area contributed by atoms with Crippen LogP contribution >= 0.6 is 15.9 Å². The van der Waals surface area contributed by atoms with Crippen LogP contribution in [0.2, 0.25) is 0 Å². The zero-order valence-corrected chi connectivity index (χ0v) is 14.5. The summed E-state index contributed by atoms with van der Waals surface area (Å²) in [6.07, 6.45) is 1.40. The minimum absolute atomic E-state index is 0.0386. The summed E-state index contributed by atoms with van der Waals surface area (Å²) in [7, 11) is 0. The summed E-state index contributed by atoms with van der Waals surface area (Å²) in [5.74, 6) is -0.473. The highest BCUT2D eigenvalue weighted by Crippen LogP contribution is 2.30. The maximum Gasteiger partial charge on any atom is 0.273 e. The fourth-order valence-electron chi connectivity index (χ4n) is 2.13. The topological polar surface area (TPSA) is 55.2 Å². The van der Waals surface area contributed by atoms with Gasteiger partial charge in [0.2, 0.25) is 0 Å². The van der Waals surface area contributed by atoms with Gasteiger partial charge in [-0.05, 0) is 46.8 Å². The van der Waals surface area contributed by atoms with E-state index in [2.05, 4.69) is 48.9 Å². The Balaban J connectivity index is 3.13. The molecule has 0 saturated heterocycles. The molecule has 21 heavy (non-hydrogen) atoms. The Bertz CT molecular complexity index is 515. The molecule has 0 spiro atoms. The number of nitrogens with one attached hydrogen (secondary N) is 1. The highest BCUT2D eigenvalue weighted by atomic mass is 79.9. The second-order valence-corrected chi connectivity index (χ2v) is 7.08. The number of nitrogens with zero attached hydrogens (tertiary/aromatic N) is 1. The Hall–Kier alpha value is -1.01. The molecule has 1 rings (SSSR count). The second-order valence-electron chi connectivity index (χ2n) is 6.23. The van der Waals surface area contributed by atoms with Crippen molar-refractivity contribution in [2.75, 3.05) is 6.54 Å². The quantitative estimate of drug-likeness (QED) is 0.602. The first-order valence-electron chi connectivity index (χ1n) is 7.02. The van der Waals surface area contributed by atoms with Crippen molar-refractivity contribution in [3.05, 3.63) is 38.1 Å². The normalized spacial score (nSPS) is 13.2. The third kappa shape index (κ3) is 5.04. The number of nitro groups is 1. The van der Waals surface area contributed by atoms with E-state index in [4.69, 9.17) is 0 Å². The van der Waals surface area contributed by atoms with Gasteiger partial charge in [-0.1, -0.05) is 27.7 Å². The summed E-state index contributed by atoms with van der Waals surface area (Å²) >= 11 is 3.00. The molecule has 1 aromatic rings. The number of hydrogen-bond donors (Lipinski definition) is 1. The smallest absolute Gasteiger partial charge is 0.273 e. The summed E-state index contributed by atoms with van der Waals surface area (Å²) in [4.78, 5) is 10.7. The van der Waals surface area contributed by atoms with Crippen LogP contribution in [0.25, 0.3) is 0 Å². The molecule has 1 atom stereocenters. The van der Waals surface area contributed by atoms with E-state index in [1.165, 1.54) is 12.1 Å². The lowest BCUT2D eigenvalue weighted by molar-refractivity contribution is -0.385. The lowest BCUT2D eigenvalue weighted by Crippen LogP contribution is -2.42. The van der Waals surface area contributed by atoms with Gasteiger partial charge in [0.05, 0.1) is 9.40 Å². The minimum atomic E-state index is -0.473. The average Bonchev–Trinajstić information content (AvgIpc) is 2.36. The van der Waals surface area contributed by atoms with Gasteiger partial charge in [0.15, 0.2) is 0 Å². The van der Waals surface area contributed by atoms with Crippen LogP contribution in [-0.2, 0) is 6.42 Å². The molecule has 0 aliphatic carbocycles. The van der Waals surface area contributed by atoms with Crippen LogP contribution in [0.1, 0.15) is 39.7 Å². The van der Waals surface area contributed by atoms with Gasteiger partial charge in [0, 0.05) is 17.7 Å². The molecule has 6 heteroatoms. The van der Waals surface area contributed by atoms with Gasteiger partial charge in [-0.25, -0.2) is 4.39 Å². The molecule has 0 aliphatic heterocycles. The third-order valence-electron chi connectivity index (χ3n) is 3.43. The molecule has 0 aliphatic rings. The standard InChI is InChI=1S/C15H22BrFN2O2/c1-5-6-18-14(15(2,3)4)8-10-7-12(17)11(16)9-13(10)19(20)21/h7,9,14,18H,5-6,8H2,1-4H3. The maximum atomic E-state index is 13.7. The molecule has 0 radical (unpaired) electrons. The first-order chi connectivity index (χ1) is 9.66. The maximum absolute atomic E-state index is 13.7. The Morgan fingerprint density at radius 1 is 1.43 bits per heavy atom. The number of halogens is 2. The molecule has 1 N–H and O–H groups in total. The van der Waals surface area contributed by atoms with Gasteiger partial charge < -0.3 is 5.32 Å². The van der Waals surface area contributed by atoms with Crippen molar-refractivity contribution < 1.29 is 9.31 Å². The number of nitro benzene ring substituents is 1. The van der Waals surface area contributed by atoms with Gasteiger partial charge in [0.25, 0.3) is 5.69 Å². The van der Waals surface area contributed by atoms with Gasteiger partial charge >= 0.3 is 0 Å². The van der Waals surface area contributed by atoms with Crippen LogP contribution in [-0.4, -0.2) is 17.5 Å². The van der Waals surface area contributed by atoms with E-state index < -0.39 is 10.7 Å². The van der Waals surface area contributed by atoms with Gasteiger partial charge in [-0.15, -0.1) is 0 Å². The van der Waals surface area contributed by atoms with Crippen molar-refractivity contribution >= 4 is 21.6 Å². The summed E-state index contributed by atoms with van der Waals surface area (Å²) in [6.45, 7) is 9.10. The molecule has 0 amide bonds. The number of benzene rings is 1. The highest BCUT2D eigenvalue weighted by molar-refractivity contribution is 9.10. The van der Waals surface area contributed by atoms with Crippen molar-refractivity contribution in [3.63, 3.8) is 0 Å². The number of rotatable bonds is 6. The van der Waals surface area contributed by atoms with Crippen molar-refractivity contribution in [1.82, 2.24) is 5.32 Å². The van der Waals surface area contributed by atoms with Crippen molar-refractivity contribution in [3.8, 4) is 0 Å². The lowest BCUT2D eigenvalue weighted by atomic mass is 9.82. The van der Waals surface area contributed by atoms with Crippen LogP contribution in [0.5, 0.6) is 0 Å². The molecule has 1 unspecified atom stereocenters. The Kier molecular flexibility index (Phi) is 6.28. The van der Waals surface area contributed by atoms with Gasteiger partial charge in [-0.3, -0.25) is 10.1 Å². The SMILES string of the molecule is CCCNC(Cc1cc(F)c(Br)cc1[N+](=O)[O-])C(C)(C)C. The van der Waals surface area contributed by atoms with Gasteiger partial charge in [-0.2, -0.15) is 0 Å². The fraction of sp³-hybridized carbons (Fsp3) is 0.600. The average molecular weight is 361 g/mol. The first kappa shape index (κ1) is 18.0. The summed E-state index contributed by atoms with van der Waals surface area (Å²) < 4.78 is 13.8.